The maximum absolute atomic E-state index is 13.3. The lowest BCUT2D eigenvalue weighted by Crippen LogP contribution is -2.71. The highest BCUT2D eigenvalue weighted by Gasteiger charge is 2.53. The number of aromatic nitrogens is 3. The van der Waals surface area contributed by atoms with Crippen LogP contribution in [0.1, 0.15) is 39.3 Å². The number of oxime groups is 1. The van der Waals surface area contributed by atoms with Crippen LogP contribution in [-0.2, 0) is 30.6 Å². The van der Waals surface area contributed by atoms with E-state index in [2.05, 4.69) is 20.4 Å². The number of nitrogen functional groups attached to an aromatic ring is 3. The van der Waals surface area contributed by atoms with Crippen LogP contribution in [0.5, 0.6) is 0 Å². The maximum atomic E-state index is 13.3. The van der Waals surface area contributed by atoms with Gasteiger partial charge in [0.1, 0.15) is 17.1 Å². The van der Waals surface area contributed by atoms with E-state index in [1.165, 1.54) is 42.8 Å². The number of unbranched alkanes of at least 4 members (excludes halogenated alkanes) is 1. The van der Waals surface area contributed by atoms with Crippen molar-refractivity contribution in [2.24, 2.45) is 5.16 Å². The first-order valence-corrected chi connectivity index (χ1v) is 16.1. The lowest BCUT2D eigenvalue weighted by atomic mass is 10.0. The van der Waals surface area contributed by atoms with Crippen LogP contribution >= 0.6 is 34.9 Å². The van der Waals surface area contributed by atoms with Gasteiger partial charge in [-0.05, 0) is 37.6 Å². The zero-order chi connectivity index (χ0) is 32.3. The number of carboxylic acids is 2. The van der Waals surface area contributed by atoms with Crippen molar-refractivity contribution in [3.8, 4) is 0 Å². The molecule has 2 amide bonds. The summed E-state index contributed by atoms with van der Waals surface area (Å²) in [6.07, 6.45) is 1.77. The summed E-state index contributed by atoms with van der Waals surface area (Å²) in [5, 5.41) is 29.2. The molecule has 19 heteroatoms. The van der Waals surface area contributed by atoms with Gasteiger partial charge in [0.15, 0.2) is 10.8 Å². The van der Waals surface area contributed by atoms with E-state index in [0.29, 0.717) is 23.1 Å². The van der Waals surface area contributed by atoms with Crippen molar-refractivity contribution in [3.63, 3.8) is 0 Å². The molecule has 2 aliphatic heterocycles. The van der Waals surface area contributed by atoms with E-state index in [9.17, 15) is 29.4 Å². The van der Waals surface area contributed by atoms with Gasteiger partial charge < -0.3 is 42.4 Å². The van der Waals surface area contributed by atoms with Gasteiger partial charge in [-0.15, -0.1) is 23.1 Å². The third kappa shape index (κ3) is 6.83. The van der Waals surface area contributed by atoms with Gasteiger partial charge in [-0.1, -0.05) is 23.5 Å². The Balaban J connectivity index is 1.53. The number of thiazole rings is 1. The van der Waals surface area contributed by atoms with Crippen LogP contribution in [0.15, 0.2) is 33.0 Å². The van der Waals surface area contributed by atoms with Gasteiger partial charge in [0, 0.05) is 16.9 Å². The average molecular weight is 666 g/mol. The smallest absolute Gasteiger partial charge is 0.350 e. The van der Waals surface area contributed by atoms with E-state index < -0.39 is 46.5 Å². The molecule has 0 saturated carbocycles. The fourth-order valence-electron chi connectivity index (χ4n) is 4.14. The number of fused-ring (bicyclic) bond motifs is 1. The first kappa shape index (κ1) is 32.8. The van der Waals surface area contributed by atoms with Crippen LogP contribution in [-0.4, -0.2) is 78.0 Å². The molecule has 2 aliphatic rings. The summed E-state index contributed by atoms with van der Waals surface area (Å²) in [6, 6.07) is 0.440. The minimum absolute atomic E-state index is 0.00715. The second kappa shape index (κ2) is 13.3. The molecule has 0 bridgehead atoms. The van der Waals surface area contributed by atoms with E-state index in [1.807, 2.05) is 6.92 Å². The zero-order valence-corrected chi connectivity index (χ0v) is 26.4. The second-order valence-electron chi connectivity index (χ2n) is 10.2. The predicted octanol–water partition coefficient (Wildman–Crippen LogP) is -0.848. The minimum atomic E-state index is -1.78. The molecule has 8 N–H and O–H groups in total. The molecule has 44 heavy (non-hydrogen) atoms. The zero-order valence-electron chi connectivity index (χ0n) is 23.9. The van der Waals surface area contributed by atoms with E-state index in [4.69, 9.17) is 22.0 Å². The molecule has 0 aromatic carbocycles. The number of amides is 2. The van der Waals surface area contributed by atoms with Crippen LogP contribution in [0.25, 0.3) is 0 Å². The van der Waals surface area contributed by atoms with Crippen molar-refractivity contribution in [2.45, 2.75) is 62.3 Å². The number of nitrogens with one attached hydrogen (secondary N) is 1. The van der Waals surface area contributed by atoms with Crippen molar-refractivity contribution >= 4 is 81.1 Å². The van der Waals surface area contributed by atoms with Crippen molar-refractivity contribution in [1.29, 1.82) is 0 Å². The molecule has 2 atom stereocenters. The van der Waals surface area contributed by atoms with Crippen molar-refractivity contribution in [2.75, 3.05) is 28.7 Å². The lowest BCUT2D eigenvalue weighted by Gasteiger charge is -2.50. The monoisotopic (exact) mass is 665 g/mol. The van der Waals surface area contributed by atoms with Crippen LogP contribution in [0, 0.1) is 0 Å². The molecule has 0 radical (unpaired) electrons. The number of nitrogens with two attached hydrogens (primary N) is 3. The quantitative estimate of drug-likeness (QED) is 0.0436. The number of carbonyl (C=O) groups is 4. The van der Waals surface area contributed by atoms with Gasteiger partial charge >= 0.3 is 11.1 Å². The average Bonchev–Trinajstić information content (AvgIpc) is 3.38. The first-order valence-electron chi connectivity index (χ1n) is 13.2. The molecule has 0 spiro atoms. The lowest BCUT2D eigenvalue weighted by molar-refractivity contribution is -0.723. The summed E-state index contributed by atoms with van der Waals surface area (Å²) in [6.45, 7) is 5.12. The topological polar surface area (TPSA) is 256 Å². The van der Waals surface area contributed by atoms with Crippen molar-refractivity contribution < 1.29 is 38.8 Å². The van der Waals surface area contributed by atoms with Crippen LogP contribution in [0.3, 0.4) is 0 Å². The van der Waals surface area contributed by atoms with Crippen LogP contribution in [0.4, 0.5) is 16.8 Å². The van der Waals surface area contributed by atoms with E-state index in [1.54, 1.807) is 10.6 Å². The highest BCUT2D eigenvalue weighted by Crippen LogP contribution is 2.41. The van der Waals surface area contributed by atoms with Gasteiger partial charge in [-0.25, -0.2) is 14.3 Å². The number of hydrogen-bond donors (Lipinski definition) is 5. The fourth-order valence-corrected chi connectivity index (χ4v) is 7.23. The molecule has 0 aliphatic carbocycles. The summed E-state index contributed by atoms with van der Waals surface area (Å²) < 4.78 is 1.80. The van der Waals surface area contributed by atoms with Gasteiger partial charge in [-0.3, -0.25) is 14.5 Å². The van der Waals surface area contributed by atoms with E-state index in [0.717, 1.165) is 29.1 Å². The van der Waals surface area contributed by atoms with Crippen molar-refractivity contribution in [1.82, 2.24) is 20.2 Å². The standard InChI is InChI=1S/C25H31N9O7S3/c1-4-5-6-33-14(27)7-13(26)30-24(33)44-9-11-8-42-20-16(19(36)34(20)17(11)21(37)38)31-18(35)15(12-10-43-23(28)29-12)32-41-25(2,3)22(39)40/h7,10,16,20H,4-6,8-9H2,1-3H3,(H8,26,27,28,29,31,35,37,38,39,40)/b32-15-. The fraction of sp³-hybridized carbons (Fsp3) is 0.440. The summed E-state index contributed by atoms with van der Waals surface area (Å²) in [4.78, 5) is 64.8. The minimum Gasteiger partial charge on any atom is -0.543 e. The van der Waals surface area contributed by atoms with Crippen LogP contribution < -0.4 is 32.2 Å². The number of aliphatic carboxylic acids is 2. The normalized spacial score (nSPS) is 18.5. The van der Waals surface area contributed by atoms with Gasteiger partial charge in [0.2, 0.25) is 17.2 Å². The van der Waals surface area contributed by atoms with E-state index >= 15 is 0 Å². The third-order valence-electron chi connectivity index (χ3n) is 6.56. The highest BCUT2D eigenvalue weighted by molar-refractivity contribution is 8.01. The summed E-state index contributed by atoms with van der Waals surface area (Å²) in [5.74, 6) is -3.38. The second-order valence-corrected chi connectivity index (χ2v) is 13.1. The molecule has 1 saturated heterocycles. The number of thioether (sulfide) groups is 2. The Morgan fingerprint density at radius 3 is 2.66 bits per heavy atom. The molecule has 4 heterocycles. The summed E-state index contributed by atoms with van der Waals surface area (Å²) in [5.41, 5.74) is 15.7. The van der Waals surface area contributed by atoms with Crippen LogP contribution in [0.2, 0.25) is 0 Å². The largest absolute Gasteiger partial charge is 0.543 e. The van der Waals surface area contributed by atoms with E-state index in [-0.39, 0.29) is 33.8 Å². The van der Waals surface area contributed by atoms with Crippen molar-refractivity contribution in [3.05, 3.63) is 28.4 Å². The Labute approximate surface area is 264 Å². The van der Waals surface area contributed by atoms with Gasteiger partial charge in [0.25, 0.3) is 11.8 Å². The number of rotatable bonds is 13. The summed E-state index contributed by atoms with van der Waals surface area (Å²) >= 11 is 3.51. The molecular formula is C25H31N9O7S3. The number of carboxylic acid groups (broad SMARTS) is 2. The number of nitrogens with zero attached hydrogens (tertiary/aromatic N) is 5. The number of anilines is 3. The Bertz CT molecular complexity index is 1560. The highest BCUT2D eigenvalue weighted by atomic mass is 32.2. The van der Waals surface area contributed by atoms with Gasteiger partial charge in [0.05, 0.1) is 24.3 Å². The molecule has 4 rings (SSSR count). The summed E-state index contributed by atoms with van der Waals surface area (Å²) in [7, 11) is 0. The Morgan fingerprint density at radius 1 is 1.32 bits per heavy atom. The number of carbonyl (C=O) groups excluding carboxylic acids is 3. The first-order chi connectivity index (χ1) is 20.7. The molecule has 2 aromatic rings. The molecular weight excluding hydrogens is 635 g/mol. The molecule has 16 nitrogen and oxygen atoms in total. The molecule has 236 valence electrons. The Morgan fingerprint density at radius 2 is 2.05 bits per heavy atom. The Kier molecular flexibility index (Phi) is 9.89. The third-order valence-corrected chi connectivity index (χ3v) is 9.64. The van der Waals surface area contributed by atoms with Gasteiger partial charge in [-0.2, -0.15) is 0 Å². The molecule has 1 fully saturated rings. The predicted molar refractivity (Wildman–Crippen MR) is 162 cm³/mol. The molecule has 2 aromatic heterocycles. The number of hydrogen-bond acceptors (Lipinski definition) is 15. The number of β-lactam (4-membered cyclic amide) rings is 1. The maximum Gasteiger partial charge on any atom is 0.350 e. The molecule has 2 unspecified atom stereocenters. The SMILES string of the molecule is CCCC[n+]1c(N)cc(N)nc1SCC1=C(C(=O)[O-])N2C(=O)C(NC(=O)/C(=N\OC(C)(C)C(=O)O)c3csc(N)n3)C2SC1. The Hall–Kier alpha value is -4.10.